The molecule has 2 N–H and O–H groups in total. The molecule has 4 saturated carbocycles. The summed E-state index contributed by atoms with van der Waals surface area (Å²) in [5.74, 6) is 2.40. The van der Waals surface area contributed by atoms with Crippen LogP contribution >= 0.6 is 11.3 Å². The molecule has 25 heavy (non-hydrogen) atoms. The number of methoxy groups -OCH3 is 1. The normalized spacial score (nSPS) is 32.4. The van der Waals surface area contributed by atoms with Crippen molar-refractivity contribution in [3.8, 4) is 0 Å². The van der Waals surface area contributed by atoms with Gasteiger partial charge in [-0.3, -0.25) is 4.79 Å². The van der Waals surface area contributed by atoms with Crippen molar-refractivity contribution in [1.82, 2.24) is 15.5 Å². The van der Waals surface area contributed by atoms with Crippen LogP contribution in [0.25, 0.3) is 0 Å². The molecule has 4 aliphatic rings. The molecule has 0 atom stereocenters. The molecule has 4 bridgehead atoms. The molecule has 4 aliphatic carbocycles. The van der Waals surface area contributed by atoms with Crippen LogP contribution in [0.3, 0.4) is 0 Å². The van der Waals surface area contributed by atoms with Gasteiger partial charge in [0.25, 0.3) is 0 Å². The Morgan fingerprint density at radius 2 is 1.80 bits per heavy atom. The lowest BCUT2D eigenvalue weighted by Gasteiger charge is -2.55. The first-order chi connectivity index (χ1) is 12.1. The number of carbonyl (C=O) groups is 2. The molecule has 1 aromatic heterocycles. The predicted molar refractivity (Wildman–Crippen MR) is 93.4 cm³/mol. The molecule has 0 aromatic carbocycles. The molecule has 8 heteroatoms. The number of alkyl carbamates (subject to hydrolysis) is 1. The summed E-state index contributed by atoms with van der Waals surface area (Å²) < 4.78 is 4.47. The van der Waals surface area contributed by atoms with Crippen LogP contribution in [0, 0.1) is 17.8 Å². The second-order valence-corrected chi connectivity index (χ2v) is 8.80. The Kier molecular flexibility index (Phi) is 4.39. The van der Waals surface area contributed by atoms with E-state index in [1.165, 1.54) is 57.0 Å². The summed E-state index contributed by atoms with van der Waals surface area (Å²) in [7, 11) is 1.29. The number of anilines is 1. The van der Waals surface area contributed by atoms with Crippen molar-refractivity contribution in [2.45, 2.75) is 50.4 Å². The number of hydrogen-bond acceptors (Lipinski definition) is 6. The lowest BCUT2D eigenvalue weighted by Crippen LogP contribution is -2.48. The third kappa shape index (κ3) is 3.36. The van der Waals surface area contributed by atoms with E-state index in [9.17, 15) is 9.59 Å². The number of rotatable bonds is 5. The van der Waals surface area contributed by atoms with E-state index in [0.717, 1.165) is 22.8 Å². The Labute approximate surface area is 150 Å². The van der Waals surface area contributed by atoms with Gasteiger partial charge in [0, 0.05) is 18.4 Å². The molecular formula is C17H24N4O3S. The van der Waals surface area contributed by atoms with E-state index in [1.807, 2.05) is 0 Å². The fourth-order valence-electron chi connectivity index (χ4n) is 5.39. The van der Waals surface area contributed by atoms with Crippen molar-refractivity contribution in [2.24, 2.45) is 17.8 Å². The van der Waals surface area contributed by atoms with Crippen LogP contribution < -0.4 is 10.6 Å². The van der Waals surface area contributed by atoms with Gasteiger partial charge >= 0.3 is 6.09 Å². The van der Waals surface area contributed by atoms with Crippen molar-refractivity contribution in [2.75, 3.05) is 19.0 Å². The van der Waals surface area contributed by atoms with Crippen LogP contribution in [0.5, 0.6) is 0 Å². The van der Waals surface area contributed by atoms with Gasteiger partial charge in [0.1, 0.15) is 5.01 Å². The molecule has 0 spiro atoms. The molecule has 2 amide bonds. The fourth-order valence-corrected chi connectivity index (χ4v) is 6.37. The lowest BCUT2D eigenvalue weighted by molar-refractivity contribution is -0.116. The van der Waals surface area contributed by atoms with Gasteiger partial charge in [-0.15, -0.1) is 10.2 Å². The van der Waals surface area contributed by atoms with Gasteiger partial charge in [-0.2, -0.15) is 0 Å². The van der Waals surface area contributed by atoms with E-state index < -0.39 is 6.09 Å². The Morgan fingerprint density at radius 1 is 1.16 bits per heavy atom. The highest BCUT2D eigenvalue weighted by atomic mass is 32.1. The van der Waals surface area contributed by atoms with Gasteiger partial charge in [-0.1, -0.05) is 11.3 Å². The first kappa shape index (κ1) is 16.8. The summed E-state index contributed by atoms with van der Waals surface area (Å²) in [6.07, 6.45) is 7.56. The summed E-state index contributed by atoms with van der Waals surface area (Å²) in [6.45, 7) is 0.235. The molecule has 7 nitrogen and oxygen atoms in total. The van der Waals surface area contributed by atoms with Crippen LogP contribution in [0.1, 0.15) is 50.0 Å². The molecule has 1 aromatic rings. The maximum absolute atomic E-state index is 12.0. The van der Waals surface area contributed by atoms with Crippen LogP contribution in [0.15, 0.2) is 0 Å². The number of amides is 2. The summed E-state index contributed by atoms with van der Waals surface area (Å²) in [5.41, 5.74) is 0.210. The number of aromatic nitrogens is 2. The minimum absolute atomic E-state index is 0.176. The average Bonchev–Trinajstić information content (AvgIpc) is 3.02. The third-order valence-corrected chi connectivity index (χ3v) is 7.06. The van der Waals surface area contributed by atoms with E-state index >= 15 is 0 Å². The maximum Gasteiger partial charge on any atom is 0.406 e. The van der Waals surface area contributed by atoms with Gasteiger partial charge in [0.2, 0.25) is 11.0 Å². The van der Waals surface area contributed by atoms with Crippen molar-refractivity contribution >= 4 is 28.5 Å². The summed E-state index contributed by atoms with van der Waals surface area (Å²) >= 11 is 1.53. The van der Waals surface area contributed by atoms with Gasteiger partial charge < -0.3 is 15.4 Å². The quantitative estimate of drug-likeness (QED) is 0.838. The van der Waals surface area contributed by atoms with E-state index in [1.54, 1.807) is 0 Å². The standard InChI is InChI=1S/C17H24N4O3S/c1-24-16(23)18-3-2-13(22)19-15-21-20-14(25-15)17-7-10-4-11(8-17)6-12(5-10)9-17/h10-12H,2-9H2,1H3,(H,18,23)(H,19,21,22). The van der Waals surface area contributed by atoms with Crippen LogP contribution in [0.4, 0.5) is 9.93 Å². The molecule has 0 saturated heterocycles. The SMILES string of the molecule is COC(=O)NCCC(=O)Nc1nnc(C23CC4CC(CC(C4)C2)C3)s1. The fraction of sp³-hybridized carbons (Fsp3) is 0.765. The van der Waals surface area contributed by atoms with Crippen LogP contribution in [0.2, 0.25) is 0 Å². The molecule has 0 aliphatic heterocycles. The zero-order chi connectivity index (χ0) is 17.4. The number of hydrogen-bond donors (Lipinski definition) is 2. The highest BCUT2D eigenvalue weighted by Gasteiger charge is 2.53. The van der Waals surface area contributed by atoms with Gasteiger partial charge in [-0.25, -0.2) is 4.79 Å². The van der Waals surface area contributed by atoms with Crippen molar-refractivity contribution < 1.29 is 14.3 Å². The Morgan fingerprint density at radius 3 is 2.40 bits per heavy atom. The minimum atomic E-state index is -0.534. The molecule has 1 heterocycles. The molecule has 5 rings (SSSR count). The van der Waals surface area contributed by atoms with Gasteiger partial charge in [-0.05, 0) is 56.3 Å². The molecule has 0 unspecified atom stereocenters. The van der Waals surface area contributed by atoms with E-state index in [2.05, 4.69) is 25.6 Å². The Balaban J connectivity index is 1.36. The molecule has 0 radical (unpaired) electrons. The maximum atomic E-state index is 12.0. The van der Waals surface area contributed by atoms with E-state index in [4.69, 9.17) is 0 Å². The Hall–Kier alpha value is -1.70. The van der Waals surface area contributed by atoms with Crippen molar-refractivity contribution in [1.29, 1.82) is 0 Å². The van der Waals surface area contributed by atoms with Gasteiger partial charge in [0.15, 0.2) is 0 Å². The van der Waals surface area contributed by atoms with E-state index in [0.29, 0.717) is 5.13 Å². The summed E-state index contributed by atoms with van der Waals surface area (Å²) in [4.78, 5) is 23.0. The summed E-state index contributed by atoms with van der Waals surface area (Å²) in [5, 5.41) is 15.6. The number of carbonyl (C=O) groups excluding carboxylic acids is 2. The van der Waals surface area contributed by atoms with Crippen molar-refractivity contribution in [3.63, 3.8) is 0 Å². The second kappa shape index (κ2) is 6.55. The smallest absolute Gasteiger partial charge is 0.406 e. The minimum Gasteiger partial charge on any atom is -0.453 e. The molecule has 136 valence electrons. The Bertz CT molecular complexity index is 639. The number of nitrogens with zero attached hydrogens (tertiary/aromatic N) is 2. The highest BCUT2D eigenvalue weighted by molar-refractivity contribution is 7.15. The zero-order valence-electron chi connectivity index (χ0n) is 14.4. The monoisotopic (exact) mass is 364 g/mol. The zero-order valence-corrected chi connectivity index (χ0v) is 15.2. The van der Waals surface area contributed by atoms with Crippen LogP contribution in [-0.4, -0.2) is 35.9 Å². The van der Waals surface area contributed by atoms with Crippen molar-refractivity contribution in [3.05, 3.63) is 5.01 Å². The van der Waals surface area contributed by atoms with Gasteiger partial charge in [0.05, 0.1) is 7.11 Å². The number of ether oxygens (including phenoxy) is 1. The first-order valence-electron chi connectivity index (χ1n) is 9.02. The highest BCUT2D eigenvalue weighted by Crippen LogP contribution is 2.61. The lowest BCUT2D eigenvalue weighted by atomic mass is 9.50. The first-order valence-corrected chi connectivity index (χ1v) is 9.83. The van der Waals surface area contributed by atoms with E-state index in [-0.39, 0.29) is 24.3 Å². The molecular weight excluding hydrogens is 340 g/mol. The predicted octanol–water partition coefficient (Wildman–Crippen LogP) is 2.69. The number of nitrogens with one attached hydrogen (secondary N) is 2. The topological polar surface area (TPSA) is 93.2 Å². The second-order valence-electron chi connectivity index (χ2n) is 7.83. The van der Waals surface area contributed by atoms with Crippen LogP contribution in [-0.2, 0) is 14.9 Å². The largest absolute Gasteiger partial charge is 0.453 e. The molecule has 4 fully saturated rings. The third-order valence-electron chi connectivity index (χ3n) is 5.97. The summed E-state index contributed by atoms with van der Waals surface area (Å²) in [6, 6.07) is 0. The average molecular weight is 364 g/mol.